The monoisotopic (exact) mass is 374 g/mol. The van der Waals surface area contributed by atoms with Crippen molar-refractivity contribution in [3.63, 3.8) is 0 Å². The van der Waals surface area contributed by atoms with Crippen molar-refractivity contribution in [2.24, 2.45) is 0 Å². The second-order valence-electron chi connectivity index (χ2n) is 4.08. The number of hydrogen-bond acceptors (Lipinski definition) is 3. The number of hydrogen-bond donors (Lipinski definition) is 1. The van der Waals surface area contributed by atoms with Crippen molar-refractivity contribution >= 4 is 37.6 Å². The minimum atomic E-state index is -3.60. The molecule has 0 saturated carbocycles. The standard InChI is InChI=1S/C13H12BrClN2O2S/c14-11-3-4-13(12(15)8-11)20(18,19)17-7-5-10-2-1-6-16-9-10/h1-4,6,8-9,17H,5,7H2. The molecule has 0 fully saturated rings. The Morgan fingerprint density at radius 3 is 2.75 bits per heavy atom. The van der Waals surface area contributed by atoms with E-state index < -0.39 is 10.0 Å². The summed E-state index contributed by atoms with van der Waals surface area (Å²) in [6, 6.07) is 8.38. The maximum Gasteiger partial charge on any atom is 0.242 e. The van der Waals surface area contributed by atoms with Gasteiger partial charge < -0.3 is 0 Å². The van der Waals surface area contributed by atoms with Crippen molar-refractivity contribution in [1.82, 2.24) is 9.71 Å². The van der Waals surface area contributed by atoms with Gasteiger partial charge in [0.2, 0.25) is 10.0 Å². The third-order valence-electron chi connectivity index (χ3n) is 2.61. The number of pyridine rings is 1. The highest BCUT2D eigenvalue weighted by molar-refractivity contribution is 9.10. The predicted octanol–water partition coefficient (Wildman–Crippen LogP) is 3.02. The minimum Gasteiger partial charge on any atom is -0.264 e. The Morgan fingerprint density at radius 1 is 1.30 bits per heavy atom. The fourth-order valence-corrected chi connectivity index (χ4v) is 3.71. The van der Waals surface area contributed by atoms with Crippen molar-refractivity contribution in [2.45, 2.75) is 11.3 Å². The average molecular weight is 376 g/mol. The van der Waals surface area contributed by atoms with E-state index in [9.17, 15) is 8.42 Å². The van der Waals surface area contributed by atoms with E-state index >= 15 is 0 Å². The summed E-state index contributed by atoms with van der Waals surface area (Å²) in [5, 5.41) is 0.188. The van der Waals surface area contributed by atoms with Crippen molar-refractivity contribution in [2.75, 3.05) is 6.54 Å². The summed E-state index contributed by atoms with van der Waals surface area (Å²) in [4.78, 5) is 4.06. The third-order valence-corrected chi connectivity index (χ3v) is 5.05. The van der Waals surface area contributed by atoms with Gasteiger partial charge in [-0.25, -0.2) is 13.1 Å². The van der Waals surface area contributed by atoms with Crippen molar-refractivity contribution in [3.05, 3.63) is 57.8 Å². The molecule has 106 valence electrons. The van der Waals surface area contributed by atoms with Gasteiger partial charge in [-0.1, -0.05) is 33.6 Å². The molecule has 20 heavy (non-hydrogen) atoms. The van der Waals surface area contributed by atoms with Gasteiger partial charge in [0.05, 0.1) is 5.02 Å². The summed E-state index contributed by atoms with van der Waals surface area (Å²) in [6.45, 7) is 0.292. The van der Waals surface area contributed by atoms with Gasteiger partial charge >= 0.3 is 0 Å². The van der Waals surface area contributed by atoms with Crippen LogP contribution in [0, 0.1) is 0 Å². The Morgan fingerprint density at radius 2 is 2.10 bits per heavy atom. The predicted molar refractivity (Wildman–Crippen MR) is 82.3 cm³/mol. The molecule has 0 saturated heterocycles. The Kier molecular flexibility index (Phi) is 5.15. The van der Waals surface area contributed by atoms with Crippen LogP contribution in [-0.2, 0) is 16.4 Å². The smallest absolute Gasteiger partial charge is 0.242 e. The molecule has 0 atom stereocenters. The fraction of sp³-hybridized carbons (Fsp3) is 0.154. The van der Waals surface area contributed by atoms with Crippen LogP contribution in [0.3, 0.4) is 0 Å². The lowest BCUT2D eigenvalue weighted by Gasteiger charge is -2.08. The molecule has 1 heterocycles. The molecule has 0 bridgehead atoms. The number of sulfonamides is 1. The molecule has 0 radical (unpaired) electrons. The van der Waals surface area contributed by atoms with Gasteiger partial charge in [0.25, 0.3) is 0 Å². The lowest BCUT2D eigenvalue weighted by molar-refractivity contribution is 0.581. The van der Waals surface area contributed by atoms with E-state index in [0.29, 0.717) is 13.0 Å². The lowest BCUT2D eigenvalue weighted by Crippen LogP contribution is -2.26. The second kappa shape index (κ2) is 6.67. The SMILES string of the molecule is O=S(=O)(NCCc1cccnc1)c1ccc(Br)cc1Cl. The normalized spacial score (nSPS) is 11.5. The van der Waals surface area contributed by atoms with Crippen LogP contribution in [-0.4, -0.2) is 19.9 Å². The van der Waals surface area contributed by atoms with E-state index in [1.807, 2.05) is 12.1 Å². The molecule has 2 aromatic rings. The van der Waals surface area contributed by atoms with Crippen LogP contribution in [0.1, 0.15) is 5.56 Å². The molecule has 1 aromatic heterocycles. The van der Waals surface area contributed by atoms with E-state index in [1.54, 1.807) is 24.5 Å². The van der Waals surface area contributed by atoms with Gasteiger partial charge in [-0.05, 0) is 36.2 Å². The molecule has 0 aliphatic carbocycles. The molecule has 7 heteroatoms. The maximum atomic E-state index is 12.1. The van der Waals surface area contributed by atoms with E-state index in [-0.39, 0.29) is 9.92 Å². The molecular weight excluding hydrogens is 364 g/mol. The number of rotatable bonds is 5. The van der Waals surface area contributed by atoms with Crippen LogP contribution in [0.2, 0.25) is 5.02 Å². The van der Waals surface area contributed by atoms with Crippen molar-refractivity contribution in [1.29, 1.82) is 0 Å². The minimum absolute atomic E-state index is 0.0774. The second-order valence-corrected chi connectivity index (χ2v) is 7.14. The van der Waals surface area contributed by atoms with E-state index in [1.165, 1.54) is 6.07 Å². The first-order valence-corrected chi connectivity index (χ1v) is 8.48. The number of nitrogens with zero attached hydrogens (tertiary/aromatic N) is 1. The third kappa shape index (κ3) is 4.02. The molecule has 1 N–H and O–H groups in total. The number of halogens is 2. The Bertz CT molecular complexity index is 693. The van der Waals surface area contributed by atoms with E-state index in [2.05, 4.69) is 25.6 Å². The van der Waals surface area contributed by atoms with Crippen molar-refractivity contribution in [3.8, 4) is 0 Å². The lowest BCUT2D eigenvalue weighted by atomic mass is 10.2. The average Bonchev–Trinajstić information content (AvgIpc) is 2.39. The van der Waals surface area contributed by atoms with Crippen LogP contribution in [0.15, 0.2) is 52.1 Å². The first kappa shape index (κ1) is 15.4. The largest absolute Gasteiger partial charge is 0.264 e. The van der Waals surface area contributed by atoms with Crippen LogP contribution < -0.4 is 4.72 Å². The molecule has 0 aliphatic rings. The van der Waals surface area contributed by atoms with E-state index in [0.717, 1.165) is 10.0 Å². The van der Waals surface area contributed by atoms with Crippen LogP contribution in [0.5, 0.6) is 0 Å². The van der Waals surface area contributed by atoms with Crippen LogP contribution in [0.4, 0.5) is 0 Å². The highest BCUT2D eigenvalue weighted by Crippen LogP contribution is 2.24. The molecule has 0 unspecified atom stereocenters. The fourth-order valence-electron chi connectivity index (χ4n) is 1.65. The highest BCUT2D eigenvalue weighted by Gasteiger charge is 2.17. The summed E-state index contributed by atoms with van der Waals surface area (Å²) in [5.74, 6) is 0. The summed E-state index contributed by atoms with van der Waals surface area (Å²) in [6.07, 6.45) is 3.96. The van der Waals surface area contributed by atoms with Crippen LogP contribution >= 0.6 is 27.5 Å². The number of nitrogens with one attached hydrogen (secondary N) is 1. The summed E-state index contributed by atoms with van der Waals surface area (Å²) >= 11 is 9.19. The molecular formula is C13H12BrClN2O2S. The first-order valence-electron chi connectivity index (χ1n) is 5.83. The summed E-state index contributed by atoms with van der Waals surface area (Å²) in [7, 11) is -3.60. The molecule has 0 amide bonds. The number of benzene rings is 1. The number of aromatic nitrogens is 1. The van der Waals surface area contributed by atoms with Gasteiger partial charge in [0.1, 0.15) is 4.90 Å². The highest BCUT2D eigenvalue weighted by atomic mass is 79.9. The zero-order valence-corrected chi connectivity index (χ0v) is 13.5. The Labute approximate surface area is 131 Å². The summed E-state index contributed by atoms with van der Waals surface area (Å²) in [5.41, 5.74) is 0.970. The van der Waals surface area contributed by atoms with Gasteiger partial charge in [0.15, 0.2) is 0 Å². The van der Waals surface area contributed by atoms with Gasteiger partial charge in [-0.2, -0.15) is 0 Å². The molecule has 1 aromatic carbocycles. The quantitative estimate of drug-likeness (QED) is 0.874. The molecule has 2 rings (SSSR count). The molecule has 0 aliphatic heterocycles. The maximum absolute atomic E-state index is 12.1. The van der Waals surface area contributed by atoms with Crippen LogP contribution in [0.25, 0.3) is 0 Å². The molecule has 0 spiro atoms. The Balaban J connectivity index is 2.04. The first-order chi connectivity index (χ1) is 9.49. The zero-order chi connectivity index (χ0) is 14.6. The van der Waals surface area contributed by atoms with Gasteiger partial charge in [-0.15, -0.1) is 0 Å². The zero-order valence-electron chi connectivity index (χ0n) is 10.4. The van der Waals surface area contributed by atoms with E-state index in [4.69, 9.17) is 11.6 Å². The summed E-state index contributed by atoms with van der Waals surface area (Å²) < 4.78 is 27.5. The molecule has 4 nitrogen and oxygen atoms in total. The van der Waals surface area contributed by atoms with Gasteiger partial charge in [-0.3, -0.25) is 4.98 Å². The Hall–Kier alpha value is -0.950. The van der Waals surface area contributed by atoms with Gasteiger partial charge in [0, 0.05) is 23.4 Å². The topological polar surface area (TPSA) is 59.1 Å². The van der Waals surface area contributed by atoms with Crippen molar-refractivity contribution < 1.29 is 8.42 Å².